The van der Waals surface area contributed by atoms with Crippen LogP contribution in [0.15, 0.2) is 35.9 Å². The Kier molecular flexibility index (Phi) is 5.13. The third-order valence-corrected chi connectivity index (χ3v) is 5.29. The lowest BCUT2D eigenvalue weighted by Gasteiger charge is -2.45. The molecule has 140 valence electrons. The summed E-state index contributed by atoms with van der Waals surface area (Å²) >= 11 is 0. The number of hydrogen-bond acceptors (Lipinski definition) is 7. The van der Waals surface area contributed by atoms with Crippen molar-refractivity contribution >= 4 is 11.6 Å². The second-order valence-corrected chi connectivity index (χ2v) is 6.78. The van der Waals surface area contributed by atoms with E-state index in [1.807, 2.05) is 18.2 Å². The molecule has 3 atom stereocenters. The molecule has 3 rings (SSSR count). The molecular weight excluding hydrogens is 356 g/mol. The third-order valence-electron chi connectivity index (χ3n) is 5.29. The molecule has 0 aromatic heterocycles. The molecule has 0 saturated heterocycles. The predicted octanol–water partition coefficient (Wildman–Crippen LogP) is 0.987. The van der Waals surface area contributed by atoms with Gasteiger partial charge in [0.25, 0.3) is 5.91 Å². The predicted molar refractivity (Wildman–Crippen MR) is 98.8 cm³/mol. The Morgan fingerprint density at radius 2 is 1.96 bits per heavy atom. The maximum atomic E-state index is 10.9. The highest BCUT2D eigenvalue weighted by Crippen LogP contribution is 2.52. The minimum absolute atomic E-state index is 0.177. The summed E-state index contributed by atoms with van der Waals surface area (Å²) in [6.07, 6.45) is 1.88. The lowest BCUT2D eigenvalue weighted by molar-refractivity contribution is -0.119. The Balaban J connectivity index is 2.07. The second kappa shape index (κ2) is 7.52. The van der Waals surface area contributed by atoms with Crippen molar-refractivity contribution in [1.29, 1.82) is 21.2 Å². The standard InChI is InChI=1S/C20H18N6O2/c21-7-15-14-5-6-26-8-16(14)18(20(10-22,11-23)19(15)25)12-1-3-13(4-2-12)28-9-17(24)27/h1-5,15-16,18,25-26H,6,8-9H2,(H2,24,27)/t15-,16-,18+/m0/s1. The first kappa shape index (κ1) is 19.1. The van der Waals surface area contributed by atoms with Crippen LogP contribution in [0.1, 0.15) is 11.5 Å². The van der Waals surface area contributed by atoms with E-state index in [1.165, 1.54) is 0 Å². The van der Waals surface area contributed by atoms with Crippen molar-refractivity contribution < 1.29 is 9.53 Å². The number of fused-ring (bicyclic) bond motifs is 1. The number of carbonyl (C=O) groups excluding carboxylic acids is 1. The first-order valence-corrected chi connectivity index (χ1v) is 8.71. The number of carbonyl (C=O) groups is 1. The summed E-state index contributed by atoms with van der Waals surface area (Å²) in [4.78, 5) is 10.9. The zero-order valence-electron chi connectivity index (χ0n) is 15.0. The lowest BCUT2D eigenvalue weighted by Crippen LogP contribution is -2.52. The summed E-state index contributed by atoms with van der Waals surface area (Å²) in [6, 6.07) is 12.9. The summed E-state index contributed by atoms with van der Waals surface area (Å²) in [5, 5.41) is 41.1. The number of ether oxygens (including phenoxy) is 1. The molecule has 2 aliphatic rings. The van der Waals surface area contributed by atoms with Crippen molar-refractivity contribution in [2.45, 2.75) is 5.92 Å². The molecular formula is C20H18N6O2. The van der Waals surface area contributed by atoms with Crippen LogP contribution in [-0.2, 0) is 4.79 Å². The molecule has 0 radical (unpaired) electrons. The van der Waals surface area contributed by atoms with Crippen LogP contribution in [0.4, 0.5) is 0 Å². The van der Waals surface area contributed by atoms with E-state index in [0.717, 1.165) is 5.57 Å². The van der Waals surface area contributed by atoms with Gasteiger partial charge in [0, 0.05) is 24.9 Å². The van der Waals surface area contributed by atoms with Crippen LogP contribution in [0.5, 0.6) is 5.75 Å². The van der Waals surface area contributed by atoms with Crippen molar-refractivity contribution in [3.63, 3.8) is 0 Å². The molecule has 0 bridgehead atoms. The Labute approximate surface area is 162 Å². The van der Waals surface area contributed by atoms with E-state index in [-0.39, 0.29) is 18.2 Å². The first-order chi connectivity index (χ1) is 13.5. The Morgan fingerprint density at radius 1 is 1.29 bits per heavy atom. The number of hydrogen-bond donors (Lipinski definition) is 3. The number of nitrogens with zero attached hydrogens (tertiary/aromatic N) is 3. The average Bonchev–Trinajstić information content (AvgIpc) is 2.72. The molecule has 1 saturated carbocycles. The number of nitriles is 3. The van der Waals surface area contributed by atoms with Crippen LogP contribution in [0.2, 0.25) is 0 Å². The molecule has 1 aliphatic carbocycles. The van der Waals surface area contributed by atoms with E-state index in [2.05, 4.69) is 11.4 Å². The molecule has 1 aromatic carbocycles. The van der Waals surface area contributed by atoms with E-state index in [1.54, 1.807) is 24.3 Å². The van der Waals surface area contributed by atoms with Crippen LogP contribution < -0.4 is 15.8 Å². The maximum absolute atomic E-state index is 10.9. The molecule has 1 aromatic rings. The monoisotopic (exact) mass is 374 g/mol. The maximum Gasteiger partial charge on any atom is 0.255 e. The van der Waals surface area contributed by atoms with E-state index >= 15 is 0 Å². The minimum atomic E-state index is -1.74. The number of nitrogens with two attached hydrogens (primary N) is 1. The summed E-state index contributed by atoms with van der Waals surface area (Å²) in [6.45, 7) is 0.833. The molecule has 1 heterocycles. The molecule has 0 unspecified atom stereocenters. The third kappa shape index (κ3) is 2.99. The highest BCUT2D eigenvalue weighted by Gasteiger charge is 2.57. The van der Waals surface area contributed by atoms with Gasteiger partial charge in [0.15, 0.2) is 12.0 Å². The molecule has 4 N–H and O–H groups in total. The van der Waals surface area contributed by atoms with Gasteiger partial charge < -0.3 is 21.2 Å². The topological polar surface area (TPSA) is 160 Å². The number of nitrogens with one attached hydrogen (secondary N) is 2. The summed E-state index contributed by atoms with van der Waals surface area (Å²) < 4.78 is 5.26. The van der Waals surface area contributed by atoms with E-state index in [4.69, 9.17) is 15.9 Å². The largest absolute Gasteiger partial charge is 0.484 e. The summed E-state index contributed by atoms with van der Waals surface area (Å²) in [7, 11) is 0. The van der Waals surface area contributed by atoms with Gasteiger partial charge in [-0.3, -0.25) is 4.79 Å². The van der Waals surface area contributed by atoms with Crippen molar-refractivity contribution in [3.05, 3.63) is 41.5 Å². The average molecular weight is 374 g/mol. The fraction of sp³-hybridized carbons (Fsp3) is 0.350. The SMILES string of the molecule is N#C[C@@H]1C(=N)C(C#N)(C#N)[C@H](c2ccc(OCC(N)=O)cc2)[C@H]2CNCC=C12. The van der Waals surface area contributed by atoms with Gasteiger partial charge in [-0.2, -0.15) is 15.8 Å². The van der Waals surface area contributed by atoms with Crippen molar-refractivity contribution in [3.8, 4) is 24.0 Å². The summed E-state index contributed by atoms with van der Waals surface area (Å²) in [5.74, 6) is -1.90. The first-order valence-electron chi connectivity index (χ1n) is 8.71. The fourth-order valence-corrected chi connectivity index (χ4v) is 4.04. The van der Waals surface area contributed by atoms with Gasteiger partial charge in [-0.1, -0.05) is 18.2 Å². The highest BCUT2D eigenvalue weighted by atomic mass is 16.5. The van der Waals surface area contributed by atoms with Gasteiger partial charge in [-0.15, -0.1) is 0 Å². The zero-order chi connectivity index (χ0) is 20.3. The van der Waals surface area contributed by atoms with E-state index in [0.29, 0.717) is 24.4 Å². The van der Waals surface area contributed by atoms with Gasteiger partial charge in [0.1, 0.15) is 11.7 Å². The fourth-order valence-electron chi connectivity index (χ4n) is 4.04. The van der Waals surface area contributed by atoms with Gasteiger partial charge in [0.2, 0.25) is 0 Å². The van der Waals surface area contributed by atoms with Crippen LogP contribution in [0.25, 0.3) is 0 Å². The van der Waals surface area contributed by atoms with E-state index in [9.17, 15) is 20.6 Å². The highest BCUT2D eigenvalue weighted by molar-refractivity contribution is 6.00. The lowest BCUT2D eigenvalue weighted by atomic mass is 9.54. The second-order valence-electron chi connectivity index (χ2n) is 6.78. The molecule has 8 nitrogen and oxygen atoms in total. The van der Waals surface area contributed by atoms with E-state index < -0.39 is 23.2 Å². The molecule has 1 aliphatic heterocycles. The Bertz CT molecular complexity index is 946. The van der Waals surface area contributed by atoms with Crippen LogP contribution in [0.3, 0.4) is 0 Å². The van der Waals surface area contributed by atoms with Gasteiger partial charge >= 0.3 is 0 Å². The van der Waals surface area contributed by atoms with Gasteiger partial charge in [-0.25, -0.2) is 0 Å². The number of amides is 1. The van der Waals surface area contributed by atoms with Crippen molar-refractivity contribution in [1.82, 2.24) is 5.32 Å². The molecule has 0 spiro atoms. The normalized spacial score (nSPS) is 25.2. The van der Waals surface area contributed by atoms with Crippen LogP contribution >= 0.6 is 0 Å². The van der Waals surface area contributed by atoms with Crippen LogP contribution in [0, 0.1) is 56.7 Å². The quantitative estimate of drug-likeness (QED) is 0.666. The van der Waals surface area contributed by atoms with Gasteiger partial charge in [0.05, 0.1) is 23.9 Å². The zero-order valence-corrected chi connectivity index (χ0v) is 15.0. The van der Waals surface area contributed by atoms with Crippen LogP contribution in [-0.4, -0.2) is 31.3 Å². The molecule has 1 amide bonds. The summed E-state index contributed by atoms with van der Waals surface area (Å²) in [5.41, 5.74) is 4.63. The number of primary amides is 1. The Morgan fingerprint density at radius 3 is 2.54 bits per heavy atom. The Hall–Kier alpha value is -3.67. The van der Waals surface area contributed by atoms with Crippen molar-refractivity contribution in [2.24, 2.45) is 23.0 Å². The molecule has 1 fully saturated rings. The molecule has 8 heteroatoms. The number of rotatable bonds is 4. The van der Waals surface area contributed by atoms with Crippen molar-refractivity contribution in [2.75, 3.05) is 19.7 Å². The number of benzene rings is 1. The van der Waals surface area contributed by atoms with Gasteiger partial charge in [-0.05, 0) is 23.3 Å². The smallest absolute Gasteiger partial charge is 0.255 e. The molecule has 28 heavy (non-hydrogen) atoms. The minimum Gasteiger partial charge on any atom is -0.484 e.